The van der Waals surface area contributed by atoms with Gasteiger partial charge in [0.2, 0.25) is 0 Å². The van der Waals surface area contributed by atoms with Crippen molar-refractivity contribution in [2.24, 2.45) is 0 Å². The van der Waals surface area contributed by atoms with E-state index in [2.05, 4.69) is 5.10 Å². The van der Waals surface area contributed by atoms with Crippen molar-refractivity contribution in [3.63, 3.8) is 0 Å². The number of carboxylic acids is 1. The molecule has 1 fully saturated rings. The molecule has 7 nitrogen and oxygen atoms in total. The molecule has 3 rings (SSSR count). The second kappa shape index (κ2) is 7.27. The highest BCUT2D eigenvalue weighted by atomic mass is 19.4. The highest BCUT2D eigenvalue weighted by molar-refractivity contribution is 5.94. The largest absolute Gasteiger partial charge is 0.478 e. The lowest BCUT2D eigenvalue weighted by atomic mass is 10.1. The molecule has 0 unspecified atom stereocenters. The van der Waals surface area contributed by atoms with Gasteiger partial charge in [-0.25, -0.2) is 9.48 Å². The Morgan fingerprint density at radius 2 is 1.71 bits per heavy atom. The van der Waals surface area contributed by atoms with Crippen molar-refractivity contribution in [1.29, 1.82) is 0 Å². The van der Waals surface area contributed by atoms with E-state index in [1.807, 2.05) is 13.8 Å². The van der Waals surface area contributed by atoms with E-state index in [1.54, 1.807) is 4.90 Å². The van der Waals surface area contributed by atoms with Crippen molar-refractivity contribution in [3.8, 4) is 5.69 Å². The quantitative estimate of drug-likeness (QED) is 0.861. The van der Waals surface area contributed by atoms with E-state index in [4.69, 9.17) is 9.84 Å². The molecule has 0 bridgehead atoms. The monoisotopic (exact) mass is 397 g/mol. The number of rotatable bonds is 3. The van der Waals surface area contributed by atoms with Crippen LogP contribution in [0.25, 0.3) is 5.69 Å². The number of hydrogen-bond donors (Lipinski definition) is 1. The number of carboxylic acid groups (broad SMARTS) is 1. The molecule has 1 aliphatic heterocycles. The molecule has 2 heterocycles. The van der Waals surface area contributed by atoms with Gasteiger partial charge in [-0.05, 0) is 38.1 Å². The van der Waals surface area contributed by atoms with E-state index in [0.717, 1.165) is 0 Å². The third-order valence-electron chi connectivity index (χ3n) is 4.33. The first kappa shape index (κ1) is 19.9. The predicted octanol–water partition coefficient (Wildman–Crippen LogP) is 2.84. The molecule has 1 saturated heterocycles. The maximum atomic E-state index is 13.3. The number of halogens is 3. The van der Waals surface area contributed by atoms with E-state index < -0.39 is 23.4 Å². The zero-order valence-corrected chi connectivity index (χ0v) is 15.1. The van der Waals surface area contributed by atoms with Gasteiger partial charge in [-0.15, -0.1) is 0 Å². The second-order valence-corrected chi connectivity index (χ2v) is 6.64. The van der Waals surface area contributed by atoms with Crippen LogP contribution in [-0.4, -0.2) is 57.0 Å². The zero-order chi connectivity index (χ0) is 20.6. The second-order valence-electron chi connectivity index (χ2n) is 6.64. The molecule has 1 aromatic carbocycles. The standard InChI is InChI=1S/C18H18F3N3O4/c1-10-8-23(9-11(2)28-10)16(25)12-3-5-13(6-4-12)24-15(18(19,20)21)14(7-22-24)17(26)27/h3-7,10-11H,8-9H2,1-2H3,(H,26,27)/t10-,11+. The van der Waals surface area contributed by atoms with Crippen LogP contribution in [0.5, 0.6) is 0 Å². The lowest BCUT2D eigenvalue weighted by Gasteiger charge is -2.35. The van der Waals surface area contributed by atoms with Crippen LogP contribution in [0.4, 0.5) is 13.2 Å². The van der Waals surface area contributed by atoms with Crippen molar-refractivity contribution >= 4 is 11.9 Å². The molecule has 2 atom stereocenters. The van der Waals surface area contributed by atoms with Crippen LogP contribution in [0.2, 0.25) is 0 Å². The highest BCUT2D eigenvalue weighted by Gasteiger charge is 2.40. The molecule has 1 N–H and O–H groups in total. The van der Waals surface area contributed by atoms with Gasteiger partial charge in [0.1, 0.15) is 5.56 Å². The summed E-state index contributed by atoms with van der Waals surface area (Å²) in [6, 6.07) is 5.39. The van der Waals surface area contributed by atoms with Gasteiger partial charge in [0.15, 0.2) is 5.69 Å². The van der Waals surface area contributed by atoms with Crippen molar-refractivity contribution in [2.45, 2.75) is 32.2 Å². The number of aromatic nitrogens is 2. The van der Waals surface area contributed by atoms with Crippen LogP contribution < -0.4 is 0 Å². The third-order valence-corrected chi connectivity index (χ3v) is 4.33. The number of amides is 1. The van der Waals surface area contributed by atoms with Gasteiger partial charge < -0.3 is 14.7 Å². The molecule has 10 heteroatoms. The number of benzene rings is 1. The highest BCUT2D eigenvalue weighted by Crippen LogP contribution is 2.33. The van der Waals surface area contributed by atoms with Crippen molar-refractivity contribution in [1.82, 2.24) is 14.7 Å². The Morgan fingerprint density at radius 3 is 2.21 bits per heavy atom. The Labute approximate surface area is 158 Å². The van der Waals surface area contributed by atoms with E-state index in [0.29, 0.717) is 29.5 Å². The van der Waals surface area contributed by atoms with Gasteiger partial charge in [0, 0.05) is 18.7 Å². The fraction of sp³-hybridized carbons (Fsp3) is 0.389. The normalized spacial score (nSPS) is 20.2. The summed E-state index contributed by atoms with van der Waals surface area (Å²) < 4.78 is 46.0. The van der Waals surface area contributed by atoms with Gasteiger partial charge in [0.05, 0.1) is 24.1 Å². The fourth-order valence-electron chi connectivity index (χ4n) is 3.24. The Hall–Kier alpha value is -2.88. The number of carbonyl (C=O) groups is 2. The summed E-state index contributed by atoms with van der Waals surface area (Å²) in [6.45, 7) is 4.56. The van der Waals surface area contributed by atoms with Gasteiger partial charge in [-0.2, -0.15) is 18.3 Å². The number of nitrogens with zero attached hydrogens (tertiary/aromatic N) is 3. The number of morpholine rings is 1. The molecular weight excluding hydrogens is 379 g/mol. The average molecular weight is 397 g/mol. The van der Waals surface area contributed by atoms with E-state index in [9.17, 15) is 22.8 Å². The first-order valence-corrected chi connectivity index (χ1v) is 8.51. The molecule has 0 radical (unpaired) electrons. The molecule has 28 heavy (non-hydrogen) atoms. The Bertz CT molecular complexity index is 882. The van der Waals surface area contributed by atoms with E-state index in [1.165, 1.54) is 24.3 Å². The van der Waals surface area contributed by atoms with Crippen molar-refractivity contribution in [3.05, 3.63) is 47.3 Å². The van der Waals surface area contributed by atoms with Crippen LogP contribution in [0.1, 0.15) is 40.3 Å². The molecular formula is C18H18F3N3O4. The first-order chi connectivity index (χ1) is 13.1. The first-order valence-electron chi connectivity index (χ1n) is 8.51. The van der Waals surface area contributed by atoms with Crippen molar-refractivity contribution in [2.75, 3.05) is 13.1 Å². The van der Waals surface area contributed by atoms with E-state index in [-0.39, 0.29) is 23.8 Å². The SMILES string of the molecule is C[C@@H]1CN(C(=O)c2ccc(-n3ncc(C(=O)O)c3C(F)(F)F)cc2)C[C@H](C)O1. The van der Waals surface area contributed by atoms with Crippen LogP contribution >= 0.6 is 0 Å². The van der Waals surface area contributed by atoms with Gasteiger partial charge in [0.25, 0.3) is 5.91 Å². The number of hydrogen-bond acceptors (Lipinski definition) is 4. The lowest BCUT2D eigenvalue weighted by Crippen LogP contribution is -2.48. The molecule has 1 aliphatic rings. The van der Waals surface area contributed by atoms with Crippen LogP contribution in [0.3, 0.4) is 0 Å². The zero-order valence-electron chi connectivity index (χ0n) is 15.1. The molecule has 1 amide bonds. The molecule has 150 valence electrons. The third kappa shape index (κ3) is 3.86. The number of ether oxygens (including phenoxy) is 1. The van der Waals surface area contributed by atoms with Crippen LogP contribution in [0, 0.1) is 0 Å². The molecule has 1 aromatic heterocycles. The van der Waals surface area contributed by atoms with Gasteiger partial charge in [-0.1, -0.05) is 0 Å². The smallest absolute Gasteiger partial charge is 0.434 e. The Balaban J connectivity index is 1.90. The van der Waals surface area contributed by atoms with Crippen molar-refractivity contribution < 1.29 is 32.6 Å². The number of alkyl halides is 3. The summed E-state index contributed by atoms with van der Waals surface area (Å²) in [4.78, 5) is 25.3. The Morgan fingerprint density at radius 1 is 1.14 bits per heavy atom. The maximum absolute atomic E-state index is 13.3. The molecule has 0 spiro atoms. The summed E-state index contributed by atoms with van der Waals surface area (Å²) in [5.74, 6) is -1.97. The summed E-state index contributed by atoms with van der Waals surface area (Å²) in [5.41, 5.74) is -2.01. The molecule has 0 aliphatic carbocycles. The minimum atomic E-state index is -4.90. The molecule has 0 saturated carbocycles. The maximum Gasteiger partial charge on any atom is 0.434 e. The Kier molecular flexibility index (Phi) is 5.16. The summed E-state index contributed by atoms with van der Waals surface area (Å²) in [6.07, 6.45) is -4.47. The van der Waals surface area contributed by atoms with Crippen LogP contribution in [0.15, 0.2) is 30.5 Å². The van der Waals surface area contributed by atoms with E-state index >= 15 is 0 Å². The molecule has 2 aromatic rings. The topological polar surface area (TPSA) is 84.7 Å². The summed E-state index contributed by atoms with van der Waals surface area (Å²) >= 11 is 0. The number of carbonyl (C=O) groups excluding carboxylic acids is 1. The summed E-state index contributed by atoms with van der Waals surface area (Å²) in [5, 5.41) is 12.5. The lowest BCUT2D eigenvalue weighted by molar-refractivity contribution is -0.143. The average Bonchev–Trinajstić information content (AvgIpc) is 3.06. The minimum absolute atomic E-state index is 0.0000820. The van der Waals surface area contributed by atoms with Gasteiger partial charge in [-0.3, -0.25) is 4.79 Å². The number of aromatic carboxylic acids is 1. The summed E-state index contributed by atoms with van der Waals surface area (Å²) in [7, 11) is 0. The minimum Gasteiger partial charge on any atom is -0.478 e. The van der Waals surface area contributed by atoms with Crippen LogP contribution in [-0.2, 0) is 10.9 Å². The van der Waals surface area contributed by atoms with Gasteiger partial charge >= 0.3 is 12.1 Å². The fourth-order valence-corrected chi connectivity index (χ4v) is 3.24. The predicted molar refractivity (Wildman–Crippen MR) is 91.4 cm³/mol.